The van der Waals surface area contributed by atoms with Crippen LogP contribution in [0.1, 0.15) is 15.9 Å². The van der Waals surface area contributed by atoms with E-state index < -0.39 is 9.84 Å². The molecule has 0 radical (unpaired) electrons. The van der Waals surface area contributed by atoms with Gasteiger partial charge in [-0.1, -0.05) is 18.2 Å². The maximum atomic E-state index is 12.3. The molecule has 0 N–H and O–H groups in total. The molecule has 2 aromatic rings. The molecule has 0 bridgehead atoms. The number of allylic oxidation sites excluding steroid dienone is 1. The van der Waals surface area contributed by atoms with Gasteiger partial charge in [-0.05, 0) is 36.4 Å². The molecule has 0 spiro atoms. The average molecular weight is 346 g/mol. The summed E-state index contributed by atoms with van der Waals surface area (Å²) in [6.07, 6.45) is 4.15. The predicted molar refractivity (Wildman–Crippen MR) is 92.5 cm³/mol. The molecule has 0 fully saturated rings. The molecule has 0 unspecified atom stereocenters. The smallest absolute Gasteiger partial charge is 0.185 e. The van der Waals surface area contributed by atoms with Gasteiger partial charge in [0.1, 0.15) is 16.4 Å². The normalized spacial score (nSPS) is 11.5. The number of benzene rings is 2. The third-order valence-corrected chi connectivity index (χ3v) is 4.54. The van der Waals surface area contributed by atoms with Crippen LogP contribution in [0.5, 0.6) is 11.5 Å². The number of methoxy groups -OCH3 is 2. The first-order valence-electron chi connectivity index (χ1n) is 7.10. The zero-order valence-electron chi connectivity index (χ0n) is 13.6. The van der Waals surface area contributed by atoms with Crippen LogP contribution in [-0.2, 0) is 9.84 Å². The maximum absolute atomic E-state index is 12.3. The van der Waals surface area contributed by atoms with Gasteiger partial charge in [-0.2, -0.15) is 0 Å². The Morgan fingerprint density at radius 2 is 1.67 bits per heavy atom. The molecule has 0 aliphatic carbocycles. The average Bonchev–Trinajstić information content (AvgIpc) is 2.58. The number of rotatable bonds is 6. The van der Waals surface area contributed by atoms with Crippen LogP contribution in [0.3, 0.4) is 0 Å². The van der Waals surface area contributed by atoms with Crippen molar-refractivity contribution < 1.29 is 22.7 Å². The highest BCUT2D eigenvalue weighted by Crippen LogP contribution is 2.25. The van der Waals surface area contributed by atoms with E-state index in [0.717, 1.165) is 11.8 Å². The van der Waals surface area contributed by atoms with Crippen LogP contribution in [0.2, 0.25) is 0 Å². The van der Waals surface area contributed by atoms with E-state index in [1.807, 2.05) is 18.2 Å². The highest BCUT2D eigenvalue weighted by Gasteiger charge is 2.16. The number of ketones is 1. The molecule has 2 aromatic carbocycles. The number of hydrogen-bond acceptors (Lipinski definition) is 5. The highest BCUT2D eigenvalue weighted by atomic mass is 32.2. The topological polar surface area (TPSA) is 69.7 Å². The standard InChI is InChI=1S/C18H18O5S/c1-22-16-7-5-4-6-13(16)8-10-15(19)14-9-11-18(24(3,20)21)17(12-14)23-2/h4-12H,1-3H3/b10-8+. The Labute approximate surface area is 141 Å². The van der Waals surface area contributed by atoms with E-state index >= 15 is 0 Å². The molecule has 0 aliphatic rings. The number of para-hydroxylation sites is 1. The Bertz CT molecular complexity index is 882. The largest absolute Gasteiger partial charge is 0.496 e. The first-order chi connectivity index (χ1) is 11.4. The number of carbonyl (C=O) groups is 1. The molecular weight excluding hydrogens is 328 g/mol. The third-order valence-electron chi connectivity index (χ3n) is 3.40. The van der Waals surface area contributed by atoms with Gasteiger partial charge in [0.2, 0.25) is 0 Å². The first-order valence-corrected chi connectivity index (χ1v) is 8.99. The van der Waals surface area contributed by atoms with Crippen molar-refractivity contribution in [3.63, 3.8) is 0 Å². The molecule has 0 heterocycles. The van der Waals surface area contributed by atoms with Crippen LogP contribution in [0.25, 0.3) is 6.08 Å². The van der Waals surface area contributed by atoms with Crippen LogP contribution < -0.4 is 9.47 Å². The Kier molecular flexibility index (Phi) is 5.41. The molecule has 5 nitrogen and oxygen atoms in total. The Hall–Kier alpha value is -2.60. The minimum atomic E-state index is -3.42. The van der Waals surface area contributed by atoms with E-state index in [1.54, 1.807) is 19.3 Å². The van der Waals surface area contributed by atoms with E-state index in [4.69, 9.17) is 9.47 Å². The number of sulfone groups is 1. The van der Waals surface area contributed by atoms with Crippen LogP contribution >= 0.6 is 0 Å². The Morgan fingerprint density at radius 1 is 1.00 bits per heavy atom. The lowest BCUT2D eigenvalue weighted by atomic mass is 10.1. The summed E-state index contributed by atoms with van der Waals surface area (Å²) >= 11 is 0. The summed E-state index contributed by atoms with van der Waals surface area (Å²) in [5.74, 6) is 0.542. The zero-order valence-corrected chi connectivity index (χ0v) is 14.5. The van der Waals surface area contributed by atoms with E-state index in [2.05, 4.69) is 0 Å². The van der Waals surface area contributed by atoms with E-state index in [-0.39, 0.29) is 16.4 Å². The molecule has 0 aliphatic heterocycles. The van der Waals surface area contributed by atoms with Crippen molar-refractivity contribution in [3.05, 3.63) is 59.7 Å². The summed E-state index contributed by atoms with van der Waals surface area (Å²) in [6, 6.07) is 11.6. The summed E-state index contributed by atoms with van der Waals surface area (Å²) in [5.41, 5.74) is 1.11. The predicted octanol–water partition coefficient (Wildman–Crippen LogP) is 3.00. The lowest BCUT2D eigenvalue weighted by Gasteiger charge is -2.08. The summed E-state index contributed by atoms with van der Waals surface area (Å²) in [6.45, 7) is 0. The second-order valence-corrected chi connectivity index (χ2v) is 7.06. The van der Waals surface area contributed by atoms with Crippen LogP contribution in [-0.4, -0.2) is 34.7 Å². The van der Waals surface area contributed by atoms with Crippen LogP contribution in [0, 0.1) is 0 Å². The second-order valence-electron chi connectivity index (χ2n) is 5.08. The lowest BCUT2D eigenvalue weighted by Crippen LogP contribution is -2.03. The monoisotopic (exact) mass is 346 g/mol. The van der Waals surface area contributed by atoms with Gasteiger partial charge >= 0.3 is 0 Å². The van der Waals surface area contributed by atoms with E-state index in [9.17, 15) is 13.2 Å². The van der Waals surface area contributed by atoms with Crippen molar-refractivity contribution in [2.24, 2.45) is 0 Å². The van der Waals surface area contributed by atoms with Crippen molar-refractivity contribution in [3.8, 4) is 11.5 Å². The minimum Gasteiger partial charge on any atom is -0.496 e. The van der Waals surface area contributed by atoms with Gasteiger partial charge < -0.3 is 9.47 Å². The lowest BCUT2D eigenvalue weighted by molar-refractivity contribution is 0.104. The van der Waals surface area contributed by atoms with E-state index in [1.165, 1.54) is 31.4 Å². The fourth-order valence-corrected chi connectivity index (χ4v) is 3.02. The van der Waals surface area contributed by atoms with Gasteiger partial charge in [-0.15, -0.1) is 0 Å². The zero-order chi connectivity index (χ0) is 17.7. The summed E-state index contributed by atoms with van der Waals surface area (Å²) < 4.78 is 33.7. The number of carbonyl (C=O) groups excluding carboxylic acids is 1. The fourth-order valence-electron chi connectivity index (χ4n) is 2.19. The van der Waals surface area contributed by atoms with Crippen LogP contribution in [0.4, 0.5) is 0 Å². The Balaban J connectivity index is 2.32. The third kappa shape index (κ3) is 4.02. The molecule has 0 saturated carbocycles. The minimum absolute atomic E-state index is 0.0512. The van der Waals surface area contributed by atoms with Crippen molar-refractivity contribution in [1.82, 2.24) is 0 Å². The SMILES string of the molecule is COc1ccccc1/C=C/C(=O)c1ccc(S(C)(=O)=O)c(OC)c1. The quantitative estimate of drug-likeness (QED) is 0.594. The van der Waals surface area contributed by atoms with Crippen molar-refractivity contribution >= 4 is 21.7 Å². The summed E-state index contributed by atoms with van der Waals surface area (Å²) in [4.78, 5) is 12.4. The van der Waals surface area contributed by atoms with Gasteiger partial charge in [0.05, 0.1) is 14.2 Å². The van der Waals surface area contributed by atoms with Crippen LogP contribution in [0.15, 0.2) is 53.4 Å². The molecule has 0 amide bonds. The second kappa shape index (κ2) is 7.31. The molecule has 0 atom stereocenters. The van der Waals surface area contributed by atoms with Gasteiger partial charge in [-0.25, -0.2) is 8.42 Å². The van der Waals surface area contributed by atoms with Gasteiger partial charge in [0.25, 0.3) is 0 Å². The van der Waals surface area contributed by atoms with Gasteiger partial charge in [-0.3, -0.25) is 4.79 Å². The van der Waals surface area contributed by atoms with E-state index in [0.29, 0.717) is 11.3 Å². The Morgan fingerprint density at radius 3 is 2.29 bits per heavy atom. The van der Waals surface area contributed by atoms with Gasteiger partial charge in [0, 0.05) is 17.4 Å². The fraction of sp³-hybridized carbons (Fsp3) is 0.167. The van der Waals surface area contributed by atoms with Crippen molar-refractivity contribution in [1.29, 1.82) is 0 Å². The maximum Gasteiger partial charge on any atom is 0.185 e. The highest BCUT2D eigenvalue weighted by molar-refractivity contribution is 7.90. The molecule has 0 saturated heterocycles. The summed E-state index contributed by atoms with van der Waals surface area (Å²) in [7, 11) is -0.500. The molecule has 6 heteroatoms. The van der Waals surface area contributed by atoms with Crippen molar-refractivity contribution in [2.75, 3.05) is 20.5 Å². The molecule has 2 rings (SSSR count). The molecular formula is C18H18O5S. The number of ether oxygens (including phenoxy) is 2. The molecule has 0 aromatic heterocycles. The number of hydrogen-bond donors (Lipinski definition) is 0. The first kappa shape index (κ1) is 17.7. The molecule has 24 heavy (non-hydrogen) atoms. The van der Waals surface area contributed by atoms with Gasteiger partial charge in [0.15, 0.2) is 15.6 Å². The van der Waals surface area contributed by atoms with Crippen molar-refractivity contribution in [2.45, 2.75) is 4.90 Å². The molecule has 126 valence electrons. The summed E-state index contributed by atoms with van der Waals surface area (Å²) in [5, 5.41) is 0.